The Morgan fingerprint density at radius 2 is 1.00 bits per heavy atom. The van der Waals surface area contributed by atoms with E-state index in [1.807, 2.05) is 54.6 Å². The molecule has 0 aliphatic rings. The first kappa shape index (κ1) is 60.9. The van der Waals surface area contributed by atoms with E-state index in [-0.39, 0.29) is 61.1 Å². The predicted octanol–water partition coefficient (Wildman–Crippen LogP) is 5.83. The average Bonchev–Trinajstić information content (AvgIpc) is 1.84. The number of nitrogens with zero attached hydrogens (tertiary/aromatic N) is 3. The Labute approximate surface area is 483 Å². The zero-order chi connectivity index (χ0) is 59.5. The molecule has 0 bridgehead atoms. The number of rotatable bonds is 30. The number of carboxylic acids is 1. The van der Waals surface area contributed by atoms with Gasteiger partial charge in [0.05, 0.1) is 10.6 Å². The zero-order valence-electron chi connectivity index (χ0n) is 45.2. The summed E-state index contributed by atoms with van der Waals surface area (Å²) >= 11 is 0. The Bertz CT molecular complexity index is 3450. The Hall–Kier alpha value is -9.17. The molecule has 84 heavy (non-hydrogen) atoms. The molecule has 24 heteroatoms. The van der Waals surface area contributed by atoms with Gasteiger partial charge in [-0.05, 0) is 101 Å². The van der Waals surface area contributed by atoms with Crippen LogP contribution in [-0.2, 0) is 47.8 Å². The topological polar surface area (TPSA) is 327 Å². The van der Waals surface area contributed by atoms with Crippen molar-refractivity contribution in [2.45, 2.75) is 69.1 Å². The number of carbonyl (C=O) groups excluding carboxylic acids is 4. The standard InChI is InChI=1S/C60H61N9O13P2/c70-54(35-37-61-48-33-34-53(69(76)77)56-55(48)67-82-68-56)63-50(38-41-18-6-1-7-19-41)57(71)65-51(39-42-20-8-2-9-21-42)59(73)66-52(40-43-29-31-44(32-30-43)81-84(78,79)80)58(72)64-49(60(74)75)28-16-17-36-62-83(45-22-10-3-11-23-45,46-24-12-4-13-25-46)47-26-14-5-15-27-47/h1-15,18-27,29-34,49-52,62H,16-17,28,35-40H2,(H7-,61,63,64,65,66,68,70,71,72,73,74,75,78,79,80)/p+1/t49-,50-,51-,52-/m1/s1. The van der Waals surface area contributed by atoms with Crippen LogP contribution in [0.1, 0.15) is 42.4 Å². The quantitative estimate of drug-likeness (QED) is 0.0111. The summed E-state index contributed by atoms with van der Waals surface area (Å²) in [7, 11) is -7.35. The number of aliphatic carboxylic acids is 1. The van der Waals surface area contributed by atoms with Crippen molar-refractivity contribution in [1.29, 1.82) is 0 Å². The molecule has 8 rings (SSSR count). The number of phosphoric acid groups is 1. The van der Waals surface area contributed by atoms with Crippen LogP contribution in [0.4, 0.5) is 11.4 Å². The lowest BCUT2D eigenvalue weighted by molar-refractivity contribution is -0.383. The van der Waals surface area contributed by atoms with E-state index in [0.717, 1.165) is 15.9 Å². The van der Waals surface area contributed by atoms with Crippen LogP contribution in [0.5, 0.6) is 5.75 Å². The maximum Gasteiger partial charge on any atom is 0.524 e. The van der Waals surface area contributed by atoms with Gasteiger partial charge < -0.3 is 36.2 Å². The highest BCUT2D eigenvalue weighted by molar-refractivity contribution is 7.94. The fourth-order valence-corrected chi connectivity index (χ4v) is 13.8. The fourth-order valence-electron chi connectivity index (χ4n) is 9.58. The van der Waals surface area contributed by atoms with Crippen LogP contribution >= 0.6 is 15.2 Å². The molecule has 0 radical (unpaired) electrons. The summed E-state index contributed by atoms with van der Waals surface area (Å²) < 4.78 is 21.1. The average molecular weight is 1180 g/mol. The first-order valence-corrected chi connectivity index (χ1v) is 30.2. The van der Waals surface area contributed by atoms with Crippen LogP contribution in [0.15, 0.2) is 193 Å². The van der Waals surface area contributed by atoms with Crippen molar-refractivity contribution in [2.75, 3.05) is 18.4 Å². The highest BCUT2D eigenvalue weighted by atomic mass is 31.2. The van der Waals surface area contributed by atoms with Gasteiger partial charge in [0.15, 0.2) is 12.9 Å². The van der Waals surface area contributed by atoms with Gasteiger partial charge in [0.2, 0.25) is 29.1 Å². The van der Waals surface area contributed by atoms with Crippen LogP contribution in [0.3, 0.4) is 0 Å². The third-order valence-electron chi connectivity index (χ3n) is 13.6. The fraction of sp³-hybridized carbons (Fsp3) is 0.217. The predicted molar refractivity (Wildman–Crippen MR) is 317 cm³/mol. The molecule has 4 atom stereocenters. The van der Waals surface area contributed by atoms with E-state index in [0.29, 0.717) is 41.8 Å². The van der Waals surface area contributed by atoms with Crippen molar-refractivity contribution in [1.82, 2.24) is 36.7 Å². The number of anilines is 1. The zero-order valence-corrected chi connectivity index (χ0v) is 47.0. The van der Waals surface area contributed by atoms with Crippen molar-refractivity contribution in [2.24, 2.45) is 0 Å². The monoisotopic (exact) mass is 1180 g/mol. The first-order valence-electron chi connectivity index (χ1n) is 26.9. The maximum absolute atomic E-state index is 14.8. The molecular formula is C60H62N9O13P2+. The molecule has 0 spiro atoms. The van der Waals surface area contributed by atoms with Gasteiger partial charge in [0.1, 0.15) is 45.8 Å². The number of phosphoric ester groups is 1. The molecule has 7 aromatic carbocycles. The highest BCUT2D eigenvalue weighted by Crippen LogP contribution is 2.51. The minimum absolute atomic E-state index is 0.00595. The number of carboxylic acid groups (broad SMARTS) is 1. The number of carbonyl (C=O) groups is 5. The summed E-state index contributed by atoms with van der Waals surface area (Å²) in [5, 5.41) is 50.6. The highest BCUT2D eigenvalue weighted by Gasteiger charge is 2.45. The van der Waals surface area contributed by atoms with Gasteiger partial charge in [0, 0.05) is 44.8 Å². The van der Waals surface area contributed by atoms with Gasteiger partial charge in [-0.2, -0.15) is 5.09 Å². The molecule has 0 aliphatic carbocycles. The van der Waals surface area contributed by atoms with Crippen molar-refractivity contribution >= 4 is 83.2 Å². The molecular weight excluding hydrogens is 1120 g/mol. The van der Waals surface area contributed by atoms with E-state index >= 15 is 0 Å². The van der Waals surface area contributed by atoms with Crippen LogP contribution in [0, 0.1) is 10.1 Å². The molecule has 9 N–H and O–H groups in total. The van der Waals surface area contributed by atoms with Gasteiger partial charge in [-0.25, -0.2) is 14.0 Å². The number of aromatic nitrogens is 2. The maximum atomic E-state index is 14.8. The minimum atomic E-state index is -4.93. The van der Waals surface area contributed by atoms with Gasteiger partial charge in [-0.3, -0.25) is 39.1 Å². The molecule has 8 aromatic rings. The smallest absolute Gasteiger partial charge is 0.480 e. The molecule has 22 nitrogen and oxygen atoms in total. The number of benzene rings is 7. The van der Waals surface area contributed by atoms with Crippen LogP contribution in [0.25, 0.3) is 11.0 Å². The number of hydrogen-bond donors (Lipinski definition) is 9. The number of amides is 4. The van der Waals surface area contributed by atoms with Crippen molar-refractivity contribution in [3.63, 3.8) is 0 Å². The van der Waals surface area contributed by atoms with Crippen molar-refractivity contribution < 1.29 is 57.5 Å². The summed E-state index contributed by atoms with van der Waals surface area (Å²) in [6.07, 6.45) is 0.370. The second kappa shape index (κ2) is 29.2. The Morgan fingerprint density at radius 3 is 1.46 bits per heavy atom. The lowest BCUT2D eigenvalue weighted by Gasteiger charge is -2.28. The summed E-state index contributed by atoms with van der Waals surface area (Å²) in [6, 6.07) is 50.6. The number of unbranched alkanes of at least 4 members (excludes halogenated alkanes) is 1. The van der Waals surface area contributed by atoms with E-state index in [1.165, 1.54) is 36.4 Å². The van der Waals surface area contributed by atoms with E-state index in [1.54, 1.807) is 60.7 Å². The summed E-state index contributed by atoms with van der Waals surface area (Å²) in [5.74, 6) is -4.51. The SMILES string of the molecule is O=C(CCNc1ccc([N+](=O)[O-])c2nonc12)N[C@H](Cc1ccccc1)C(=O)N[C@H](Cc1ccccc1)C(=O)N[C@H](Cc1ccc(OP(=O)(O)O)cc1)C(=O)N[C@H](CCCCN[P+](c1ccccc1)(c1ccccc1)c1ccccc1)C(=O)O. The first-order chi connectivity index (χ1) is 40.6. The van der Waals surface area contributed by atoms with E-state index in [9.17, 15) is 53.5 Å². The van der Waals surface area contributed by atoms with Crippen LogP contribution in [-0.4, -0.2) is 97.0 Å². The van der Waals surface area contributed by atoms with Gasteiger partial charge >= 0.3 is 19.5 Å². The van der Waals surface area contributed by atoms with Crippen LogP contribution in [0.2, 0.25) is 0 Å². The Morgan fingerprint density at radius 1 is 0.560 bits per heavy atom. The molecule has 0 aliphatic heterocycles. The van der Waals surface area contributed by atoms with Gasteiger partial charge in [-0.15, -0.1) is 0 Å². The number of nitro groups is 1. The molecule has 0 saturated heterocycles. The summed E-state index contributed by atoms with van der Waals surface area (Å²) in [4.78, 5) is 100. The lowest BCUT2D eigenvalue weighted by Crippen LogP contribution is -2.59. The van der Waals surface area contributed by atoms with E-state index in [2.05, 4.69) is 78.4 Å². The lowest BCUT2D eigenvalue weighted by atomic mass is 10.0. The van der Waals surface area contributed by atoms with Crippen molar-refractivity contribution in [3.8, 4) is 5.75 Å². The molecule has 434 valence electrons. The normalized spacial score (nSPS) is 12.9. The number of nitrogens with one attached hydrogen (secondary N) is 6. The second-order valence-electron chi connectivity index (χ2n) is 19.6. The second-order valence-corrected chi connectivity index (χ2v) is 23.9. The number of fused-ring (bicyclic) bond motifs is 1. The molecule has 0 unspecified atom stereocenters. The third kappa shape index (κ3) is 16.7. The molecule has 0 fully saturated rings. The summed E-state index contributed by atoms with van der Waals surface area (Å²) in [6.45, 7) is 0.484. The minimum Gasteiger partial charge on any atom is -0.480 e. The Balaban J connectivity index is 0.991. The summed E-state index contributed by atoms with van der Waals surface area (Å²) in [5.41, 5.74) is 1.66. The van der Waals surface area contributed by atoms with Crippen LogP contribution < -0.4 is 52.1 Å². The number of hydrogen-bond acceptors (Lipinski definition) is 14. The Kier molecular flexibility index (Phi) is 21.2. The molecule has 1 aromatic heterocycles. The van der Waals surface area contributed by atoms with E-state index < -0.39 is 73.9 Å². The molecule has 1 heterocycles. The van der Waals surface area contributed by atoms with Gasteiger partial charge in [-0.1, -0.05) is 127 Å². The number of nitro benzene ring substituents is 1. The molecule has 4 amide bonds. The molecule has 0 saturated carbocycles. The van der Waals surface area contributed by atoms with Gasteiger partial charge in [0.25, 0.3) is 0 Å². The largest absolute Gasteiger partial charge is 0.524 e. The van der Waals surface area contributed by atoms with E-state index in [4.69, 9.17) is 9.15 Å². The third-order valence-corrected chi connectivity index (χ3v) is 18.0. The number of non-ortho nitro benzene ring substituents is 1. The van der Waals surface area contributed by atoms with Crippen molar-refractivity contribution in [3.05, 3.63) is 215 Å².